The predicted octanol–water partition coefficient (Wildman–Crippen LogP) is 4.70. The van der Waals surface area contributed by atoms with Gasteiger partial charge >= 0.3 is 11.6 Å². The molecule has 2 aromatic carbocycles. The number of carbonyl (C=O) groups is 1. The van der Waals surface area contributed by atoms with Crippen molar-refractivity contribution in [1.29, 1.82) is 0 Å². The second-order valence-electron chi connectivity index (χ2n) is 5.80. The van der Waals surface area contributed by atoms with Crippen LogP contribution in [0.5, 0.6) is 0 Å². The minimum Gasteiger partial charge on any atom is -0.457 e. The number of benzene rings is 2. The molecule has 0 aliphatic heterocycles. The van der Waals surface area contributed by atoms with Gasteiger partial charge in [-0.1, -0.05) is 23.7 Å². The van der Waals surface area contributed by atoms with Crippen LogP contribution in [0.1, 0.15) is 27.0 Å². The monoisotopic (exact) mass is 378 g/mol. The summed E-state index contributed by atoms with van der Waals surface area (Å²) < 4.78 is 36.8. The summed E-state index contributed by atoms with van der Waals surface area (Å²) in [6.45, 7) is 3.45. The number of rotatable bonds is 3. The Morgan fingerprint density at radius 3 is 2.58 bits per heavy atom. The third-order valence-corrected chi connectivity index (χ3v) is 4.42. The van der Waals surface area contributed by atoms with E-state index in [1.54, 1.807) is 6.07 Å². The third-order valence-electron chi connectivity index (χ3n) is 4.11. The highest BCUT2D eigenvalue weighted by atomic mass is 35.5. The Kier molecular flexibility index (Phi) is 4.78. The van der Waals surface area contributed by atoms with Gasteiger partial charge in [0.15, 0.2) is 11.6 Å². The predicted molar refractivity (Wildman–Crippen MR) is 92.4 cm³/mol. The van der Waals surface area contributed by atoms with Gasteiger partial charge < -0.3 is 9.15 Å². The van der Waals surface area contributed by atoms with Crippen molar-refractivity contribution < 1.29 is 22.7 Å². The smallest absolute Gasteiger partial charge is 0.340 e. The number of hydrogen-bond donors (Lipinski definition) is 0. The van der Waals surface area contributed by atoms with E-state index in [1.165, 1.54) is 6.07 Å². The largest absolute Gasteiger partial charge is 0.457 e. The second kappa shape index (κ2) is 6.88. The van der Waals surface area contributed by atoms with E-state index in [0.717, 1.165) is 11.1 Å². The number of carbonyl (C=O) groups excluding carboxylic acids is 1. The fraction of sp³-hybridized carbons (Fsp3) is 0.158. The van der Waals surface area contributed by atoms with E-state index in [0.29, 0.717) is 28.7 Å². The van der Waals surface area contributed by atoms with Crippen LogP contribution in [0.4, 0.5) is 8.78 Å². The Balaban J connectivity index is 1.93. The Morgan fingerprint density at radius 2 is 1.85 bits per heavy atom. The van der Waals surface area contributed by atoms with Gasteiger partial charge in [0.25, 0.3) is 0 Å². The fourth-order valence-electron chi connectivity index (χ4n) is 2.54. The summed E-state index contributed by atoms with van der Waals surface area (Å²) in [7, 11) is 0. The summed E-state index contributed by atoms with van der Waals surface area (Å²) in [5.74, 6) is -3.30. The van der Waals surface area contributed by atoms with E-state index in [-0.39, 0.29) is 17.2 Å². The average Bonchev–Trinajstić information content (AvgIpc) is 2.59. The highest BCUT2D eigenvalue weighted by molar-refractivity contribution is 6.33. The molecule has 0 saturated carbocycles. The zero-order chi connectivity index (χ0) is 19.0. The first kappa shape index (κ1) is 18.1. The average molecular weight is 379 g/mol. The maximum atomic E-state index is 13.3. The Morgan fingerprint density at radius 1 is 1.15 bits per heavy atom. The molecule has 0 unspecified atom stereocenters. The molecule has 1 aromatic heterocycles. The molecule has 3 aromatic rings. The first-order chi connectivity index (χ1) is 12.3. The quantitative estimate of drug-likeness (QED) is 0.376. The zero-order valence-electron chi connectivity index (χ0n) is 13.9. The van der Waals surface area contributed by atoms with E-state index in [1.807, 2.05) is 19.9 Å². The molecule has 0 aliphatic rings. The lowest BCUT2D eigenvalue weighted by Gasteiger charge is -2.10. The summed E-state index contributed by atoms with van der Waals surface area (Å²) in [5, 5.41) is 0.356. The van der Waals surface area contributed by atoms with Crippen LogP contribution in [0, 0.1) is 25.5 Å². The van der Waals surface area contributed by atoms with Gasteiger partial charge in [0.1, 0.15) is 12.2 Å². The number of esters is 1. The molecule has 134 valence electrons. The SMILES string of the molecule is Cc1ccc2c(COC(=O)c3cc(F)c(F)cc3Cl)cc(=O)oc2c1C. The maximum Gasteiger partial charge on any atom is 0.340 e. The first-order valence-corrected chi connectivity index (χ1v) is 8.00. The van der Waals surface area contributed by atoms with E-state index < -0.39 is 23.2 Å². The molecule has 0 spiro atoms. The summed E-state index contributed by atoms with van der Waals surface area (Å²) in [4.78, 5) is 23.9. The van der Waals surface area contributed by atoms with Crippen molar-refractivity contribution in [3.05, 3.63) is 79.7 Å². The van der Waals surface area contributed by atoms with Crippen molar-refractivity contribution in [3.63, 3.8) is 0 Å². The molecule has 0 bridgehead atoms. The number of fused-ring (bicyclic) bond motifs is 1. The molecular weight excluding hydrogens is 366 g/mol. The van der Waals surface area contributed by atoms with Crippen molar-refractivity contribution in [2.24, 2.45) is 0 Å². The van der Waals surface area contributed by atoms with Crippen LogP contribution >= 0.6 is 11.6 Å². The maximum absolute atomic E-state index is 13.3. The summed E-state index contributed by atoms with van der Waals surface area (Å²) >= 11 is 5.76. The highest BCUT2D eigenvalue weighted by Crippen LogP contribution is 2.25. The number of aryl methyl sites for hydroxylation is 2. The van der Waals surface area contributed by atoms with Crippen LogP contribution in [0.3, 0.4) is 0 Å². The molecule has 0 atom stereocenters. The van der Waals surface area contributed by atoms with Crippen LogP contribution in [0.25, 0.3) is 11.0 Å². The summed E-state index contributed by atoms with van der Waals surface area (Å²) in [6.07, 6.45) is 0. The van der Waals surface area contributed by atoms with E-state index >= 15 is 0 Å². The first-order valence-electron chi connectivity index (χ1n) is 7.62. The van der Waals surface area contributed by atoms with Gasteiger partial charge in [-0.05, 0) is 37.1 Å². The van der Waals surface area contributed by atoms with Gasteiger partial charge in [0.2, 0.25) is 0 Å². The molecule has 0 saturated heterocycles. The molecular formula is C19H13ClF2O4. The molecule has 0 fully saturated rings. The molecule has 1 heterocycles. The van der Waals surface area contributed by atoms with E-state index in [4.69, 9.17) is 20.8 Å². The van der Waals surface area contributed by atoms with Gasteiger partial charge in [-0.15, -0.1) is 0 Å². The summed E-state index contributed by atoms with van der Waals surface area (Å²) in [5.41, 5.74) is 1.72. The lowest BCUT2D eigenvalue weighted by molar-refractivity contribution is 0.0473. The van der Waals surface area contributed by atoms with Crippen LogP contribution in [0.15, 0.2) is 39.5 Å². The number of halogens is 3. The van der Waals surface area contributed by atoms with Crippen molar-refractivity contribution in [3.8, 4) is 0 Å². The van der Waals surface area contributed by atoms with Gasteiger partial charge in [-0.25, -0.2) is 18.4 Å². The molecule has 0 amide bonds. The molecule has 4 nitrogen and oxygen atoms in total. The van der Waals surface area contributed by atoms with Gasteiger partial charge in [0.05, 0.1) is 10.6 Å². The summed E-state index contributed by atoms with van der Waals surface area (Å²) in [6, 6.07) is 6.21. The Bertz CT molecular complexity index is 1090. The van der Waals surface area contributed by atoms with Crippen molar-refractivity contribution in [1.82, 2.24) is 0 Å². The van der Waals surface area contributed by atoms with Gasteiger partial charge in [-0.3, -0.25) is 0 Å². The molecule has 0 radical (unpaired) electrons. The minimum absolute atomic E-state index is 0.251. The zero-order valence-corrected chi connectivity index (χ0v) is 14.6. The van der Waals surface area contributed by atoms with Gasteiger partial charge in [-0.2, -0.15) is 0 Å². The molecule has 7 heteroatoms. The van der Waals surface area contributed by atoms with Crippen molar-refractivity contribution in [2.45, 2.75) is 20.5 Å². The van der Waals surface area contributed by atoms with E-state index in [2.05, 4.69) is 0 Å². The Labute approximate surface area is 152 Å². The molecule has 3 rings (SSSR count). The Hall–Kier alpha value is -2.73. The third kappa shape index (κ3) is 3.32. The second-order valence-corrected chi connectivity index (χ2v) is 6.20. The van der Waals surface area contributed by atoms with Crippen molar-refractivity contribution in [2.75, 3.05) is 0 Å². The van der Waals surface area contributed by atoms with E-state index in [9.17, 15) is 18.4 Å². The normalized spacial score (nSPS) is 11.0. The lowest BCUT2D eigenvalue weighted by Crippen LogP contribution is -2.09. The van der Waals surface area contributed by atoms with Gasteiger partial charge in [0, 0.05) is 17.0 Å². The molecule has 0 N–H and O–H groups in total. The topological polar surface area (TPSA) is 56.5 Å². The fourth-order valence-corrected chi connectivity index (χ4v) is 2.77. The minimum atomic E-state index is -1.21. The highest BCUT2D eigenvalue weighted by Gasteiger charge is 2.17. The molecule has 0 aliphatic carbocycles. The number of hydrogen-bond acceptors (Lipinski definition) is 4. The molecule has 26 heavy (non-hydrogen) atoms. The van der Waals surface area contributed by atoms with Crippen molar-refractivity contribution >= 4 is 28.5 Å². The van der Waals surface area contributed by atoms with Crippen LogP contribution < -0.4 is 5.63 Å². The standard InChI is InChI=1S/C19H13ClF2O4/c1-9-3-4-12-11(5-17(23)26-18(12)10(9)2)8-25-19(24)13-6-15(21)16(22)7-14(13)20/h3-7H,8H2,1-2H3. The number of ether oxygens (including phenoxy) is 1. The van der Waals surface area contributed by atoms with Crippen LogP contribution in [0.2, 0.25) is 5.02 Å². The van der Waals surface area contributed by atoms with Crippen LogP contribution in [-0.2, 0) is 11.3 Å². The van der Waals surface area contributed by atoms with Crippen LogP contribution in [-0.4, -0.2) is 5.97 Å². The lowest BCUT2D eigenvalue weighted by atomic mass is 10.0.